The highest BCUT2D eigenvalue weighted by Gasteiger charge is 2.09. The molecule has 0 aliphatic rings. The molecule has 0 saturated carbocycles. The van der Waals surface area contributed by atoms with Gasteiger partial charge in [0.15, 0.2) is 9.84 Å². The molecule has 0 fully saturated rings. The summed E-state index contributed by atoms with van der Waals surface area (Å²) in [4.78, 5) is 0.389. The molecule has 0 unspecified atom stereocenters. The van der Waals surface area contributed by atoms with Crippen molar-refractivity contribution in [2.45, 2.75) is 17.6 Å². The Labute approximate surface area is 84.3 Å². The fraction of sp³-hybridized carbons (Fsp3) is 0.333. The van der Waals surface area contributed by atoms with Crippen molar-refractivity contribution >= 4 is 22.5 Å². The Bertz CT molecular complexity index is 365. The molecule has 0 radical (unpaired) electrons. The summed E-state index contributed by atoms with van der Waals surface area (Å²) in [5, 5.41) is 0. The molecule has 1 rings (SSSR count). The first-order valence-corrected chi connectivity index (χ1v) is 6.31. The molecule has 72 valence electrons. The number of hydrogen-bond donors (Lipinski definition) is 1. The minimum absolute atomic E-state index is 0.146. The first-order chi connectivity index (χ1) is 6.10. The van der Waals surface area contributed by atoms with E-state index in [1.54, 1.807) is 31.2 Å². The smallest absolute Gasteiger partial charge is 0.178 e. The van der Waals surface area contributed by atoms with Gasteiger partial charge < -0.3 is 0 Å². The van der Waals surface area contributed by atoms with E-state index in [9.17, 15) is 8.42 Å². The average Bonchev–Trinajstić information content (AvgIpc) is 2.18. The van der Waals surface area contributed by atoms with E-state index in [-0.39, 0.29) is 5.75 Å². The Morgan fingerprint density at radius 1 is 1.23 bits per heavy atom. The van der Waals surface area contributed by atoms with Crippen molar-refractivity contribution in [3.05, 3.63) is 29.8 Å². The zero-order chi connectivity index (χ0) is 9.90. The highest BCUT2D eigenvalue weighted by Crippen LogP contribution is 2.12. The molecule has 0 atom stereocenters. The summed E-state index contributed by atoms with van der Waals surface area (Å²) in [7, 11) is -3.05. The number of sulfone groups is 1. The number of benzene rings is 1. The van der Waals surface area contributed by atoms with Crippen LogP contribution in [0.2, 0.25) is 0 Å². The summed E-state index contributed by atoms with van der Waals surface area (Å²) >= 11 is 4.09. The van der Waals surface area contributed by atoms with Crippen LogP contribution in [0, 0.1) is 0 Å². The van der Waals surface area contributed by atoms with Gasteiger partial charge >= 0.3 is 0 Å². The summed E-state index contributed by atoms with van der Waals surface area (Å²) in [6.45, 7) is 1.64. The van der Waals surface area contributed by atoms with Crippen molar-refractivity contribution in [2.75, 3.05) is 5.75 Å². The molecular weight excluding hydrogens is 204 g/mol. The quantitative estimate of drug-likeness (QED) is 0.783. The van der Waals surface area contributed by atoms with Gasteiger partial charge in [-0.3, -0.25) is 0 Å². The van der Waals surface area contributed by atoms with Crippen LogP contribution in [0.5, 0.6) is 0 Å². The Hall–Kier alpha value is -0.480. The highest BCUT2D eigenvalue weighted by molar-refractivity contribution is 7.91. The fourth-order valence-corrected chi connectivity index (χ4v) is 2.06. The topological polar surface area (TPSA) is 34.1 Å². The lowest BCUT2D eigenvalue weighted by atomic mass is 10.2. The van der Waals surface area contributed by atoms with Crippen LogP contribution in [0.1, 0.15) is 12.5 Å². The molecule has 0 saturated heterocycles. The van der Waals surface area contributed by atoms with Gasteiger partial charge in [-0.25, -0.2) is 8.42 Å². The van der Waals surface area contributed by atoms with Crippen LogP contribution in [0.4, 0.5) is 0 Å². The summed E-state index contributed by atoms with van der Waals surface area (Å²) in [5.74, 6) is 0.777. The Morgan fingerprint density at radius 2 is 1.77 bits per heavy atom. The normalized spacial score (nSPS) is 11.5. The van der Waals surface area contributed by atoms with Gasteiger partial charge in [-0.2, -0.15) is 12.6 Å². The predicted octanol–water partition coefficient (Wildman–Crippen LogP) is 1.91. The van der Waals surface area contributed by atoms with E-state index in [1.807, 2.05) is 0 Å². The third kappa shape index (κ3) is 2.48. The maximum atomic E-state index is 11.4. The molecule has 2 nitrogen and oxygen atoms in total. The average molecular weight is 216 g/mol. The second-order valence-electron chi connectivity index (χ2n) is 2.71. The lowest BCUT2D eigenvalue weighted by molar-refractivity contribution is 0.597. The monoisotopic (exact) mass is 216 g/mol. The Morgan fingerprint density at radius 3 is 2.15 bits per heavy atom. The van der Waals surface area contributed by atoms with Gasteiger partial charge in [0.1, 0.15) is 0 Å². The van der Waals surface area contributed by atoms with Crippen molar-refractivity contribution in [3.8, 4) is 0 Å². The lowest BCUT2D eigenvalue weighted by Crippen LogP contribution is -2.03. The summed E-state index contributed by atoms with van der Waals surface area (Å²) < 4.78 is 22.8. The third-order valence-corrected chi connectivity index (χ3v) is 3.96. The number of rotatable bonds is 3. The zero-order valence-electron chi connectivity index (χ0n) is 7.40. The van der Waals surface area contributed by atoms with Gasteiger partial charge in [-0.1, -0.05) is 19.1 Å². The van der Waals surface area contributed by atoms with Gasteiger partial charge in [0.05, 0.1) is 10.6 Å². The second-order valence-corrected chi connectivity index (χ2v) is 5.30. The van der Waals surface area contributed by atoms with Crippen molar-refractivity contribution in [1.82, 2.24) is 0 Å². The van der Waals surface area contributed by atoms with Crippen LogP contribution in [-0.2, 0) is 15.6 Å². The molecular formula is C9H12O2S2. The molecule has 0 aliphatic heterocycles. The van der Waals surface area contributed by atoms with E-state index >= 15 is 0 Å². The van der Waals surface area contributed by atoms with E-state index in [0.717, 1.165) is 5.56 Å². The minimum Gasteiger partial charge on any atom is -0.224 e. The molecule has 0 aliphatic carbocycles. The van der Waals surface area contributed by atoms with E-state index in [2.05, 4.69) is 12.6 Å². The standard InChI is InChI=1S/C9H12O2S2/c1-2-13(10,11)9-5-3-8(7-12)4-6-9/h3-6,12H,2,7H2,1H3. The minimum atomic E-state index is -3.05. The maximum absolute atomic E-state index is 11.4. The first-order valence-electron chi connectivity index (χ1n) is 4.02. The first kappa shape index (κ1) is 10.6. The van der Waals surface area contributed by atoms with Gasteiger partial charge in [-0.15, -0.1) is 0 Å². The van der Waals surface area contributed by atoms with Crippen LogP contribution in [0.15, 0.2) is 29.2 Å². The zero-order valence-corrected chi connectivity index (χ0v) is 9.11. The number of thiol groups is 1. The highest BCUT2D eigenvalue weighted by atomic mass is 32.2. The molecule has 0 spiro atoms. The molecule has 1 aromatic rings. The van der Waals surface area contributed by atoms with E-state index in [0.29, 0.717) is 10.6 Å². The van der Waals surface area contributed by atoms with Crippen LogP contribution >= 0.6 is 12.6 Å². The van der Waals surface area contributed by atoms with Crippen LogP contribution in [-0.4, -0.2) is 14.2 Å². The molecule has 13 heavy (non-hydrogen) atoms. The fourth-order valence-electron chi connectivity index (χ4n) is 0.969. The van der Waals surface area contributed by atoms with Crippen LogP contribution < -0.4 is 0 Å². The van der Waals surface area contributed by atoms with E-state index in [1.165, 1.54) is 0 Å². The molecule has 0 amide bonds. The lowest BCUT2D eigenvalue weighted by Gasteiger charge is -2.01. The van der Waals surface area contributed by atoms with Gasteiger partial charge in [-0.05, 0) is 17.7 Å². The Kier molecular flexibility index (Phi) is 3.39. The van der Waals surface area contributed by atoms with Crippen molar-refractivity contribution in [3.63, 3.8) is 0 Å². The van der Waals surface area contributed by atoms with Gasteiger partial charge in [0, 0.05) is 5.75 Å². The summed E-state index contributed by atoms with van der Waals surface area (Å²) in [6, 6.07) is 6.83. The molecule has 4 heteroatoms. The van der Waals surface area contributed by atoms with E-state index in [4.69, 9.17) is 0 Å². The number of hydrogen-bond acceptors (Lipinski definition) is 3. The maximum Gasteiger partial charge on any atom is 0.178 e. The summed E-state index contributed by atoms with van der Waals surface area (Å²) in [5.41, 5.74) is 1.03. The van der Waals surface area contributed by atoms with Gasteiger partial charge in [0.2, 0.25) is 0 Å². The molecule has 0 bridgehead atoms. The third-order valence-electron chi connectivity index (χ3n) is 1.85. The van der Waals surface area contributed by atoms with E-state index < -0.39 is 9.84 Å². The Balaban J connectivity index is 3.06. The predicted molar refractivity (Wildman–Crippen MR) is 56.9 cm³/mol. The van der Waals surface area contributed by atoms with Gasteiger partial charge in [0.25, 0.3) is 0 Å². The summed E-state index contributed by atoms with van der Waals surface area (Å²) in [6.07, 6.45) is 0. The van der Waals surface area contributed by atoms with Crippen LogP contribution in [0.25, 0.3) is 0 Å². The van der Waals surface area contributed by atoms with Crippen molar-refractivity contribution < 1.29 is 8.42 Å². The SMILES string of the molecule is CCS(=O)(=O)c1ccc(CS)cc1. The largest absolute Gasteiger partial charge is 0.224 e. The second kappa shape index (κ2) is 4.15. The van der Waals surface area contributed by atoms with Crippen molar-refractivity contribution in [2.24, 2.45) is 0 Å². The van der Waals surface area contributed by atoms with Crippen LogP contribution in [0.3, 0.4) is 0 Å². The molecule has 0 heterocycles. The molecule has 0 aromatic heterocycles. The molecule has 1 aromatic carbocycles. The van der Waals surface area contributed by atoms with Crippen molar-refractivity contribution in [1.29, 1.82) is 0 Å². The molecule has 0 N–H and O–H groups in total.